The van der Waals surface area contributed by atoms with Crippen LogP contribution in [0.15, 0.2) is 0 Å². The number of nitrogens with zero attached hydrogens (tertiary/aromatic N) is 2. The van der Waals surface area contributed by atoms with Crippen molar-refractivity contribution in [1.82, 2.24) is 9.97 Å². The first-order valence-electron chi connectivity index (χ1n) is 6.90. The topological polar surface area (TPSA) is 49.8 Å². The van der Waals surface area contributed by atoms with Crippen LogP contribution in [0, 0.1) is 19.8 Å². The van der Waals surface area contributed by atoms with Crippen molar-refractivity contribution in [3.8, 4) is 0 Å². The first-order valence-corrected chi connectivity index (χ1v) is 8.29. The van der Waals surface area contributed by atoms with E-state index in [9.17, 15) is 0 Å². The van der Waals surface area contributed by atoms with Gasteiger partial charge < -0.3 is 10.6 Å². The molecule has 0 radical (unpaired) electrons. The van der Waals surface area contributed by atoms with E-state index in [2.05, 4.69) is 47.6 Å². The molecule has 1 atom stereocenters. The maximum Gasteiger partial charge on any atom is 0.134 e. The van der Waals surface area contributed by atoms with Crippen molar-refractivity contribution < 1.29 is 0 Å². The Kier molecular flexibility index (Phi) is 6.99. The molecular formula is C14H26N4S. The normalized spacial score (nSPS) is 12.3. The fraction of sp³-hybridized carbons (Fsp3) is 0.714. The maximum atomic E-state index is 4.50. The highest BCUT2D eigenvalue weighted by Gasteiger charge is 2.09. The van der Waals surface area contributed by atoms with E-state index in [-0.39, 0.29) is 0 Å². The first kappa shape index (κ1) is 16.1. The molecule has 0 aliphatic heterocycles. The monoisotopic (exact) mass is 282 g/mol. The van der Waals surface area contributed by atoms with Crippen molar-refractivity contribution in [2.45, 2.75) is 34.1 Å². The summed E-state index contributed by atoms with van der Waals surface area (Å²) in [6.45, 7) is 10.3. The molecule has 0 aromatic carbocycles. The molecule has 5 heteroatoms. The van der Waals surface area contributed by atoms with Gasteiger partial charge in [0.2, 0.25) is 0 Å². The number of nitrogens with one attached hydrogen (secondary N) is 2. The minimum absolute atomic E-state index is 0.636. The van der Waals surface area contributed by atoms with Gasteiger partial charge in [0.05, 0.1) is 0 Å². The van der Waals surface area contributed by atoms with Gasteiger partial charge >= 0.3 is 0 Å². The molecule has 0 bridgehead atoms. The molecular weight excluding hydrogens is 256 g/mol. The second-order valence-electron chi connectivity index (χ2n) is 4.96. The Morgan fingerprint density at radius 3 is 2.37 bits per heavy atom. The van der Waals surface area contributed by atoms with Gasteiger partial charge in [0.1, 0.15) is 17.5 Å². The molecule has 108 valence electrons. The lowest BCUT2D eigenvalue weighted by Gasteiger charge is -2.16. The van der Waals surface area contributed by atoms with Gasteiger partial charge in [-0.15, -0.1) is 0 Å². The van der Waals surface area contributed by atoms with Gasteiger partial charge in [0.15, 0.2) is 0 Å². The van der Waals surface area contributed by atoms with E-state index in [1.165, 1.54) is 0 Å². The SMILES string of the molecule is CCCNc1nc(C)nc(NCC(C)CSC)c1C. The summed E-state index contributed by atoms with van der Waals surface area (Å²) in [6.07, 6.45) is 3.24. The molecule has 1 rings (SSSR count). The predicted molar refractivity (Wildman–Crippen MR) is 86.3 cm³/mol. The molecule has 1 heterocycles. The molecule has 0 fully saturated rings. The van der Waals surface area contributed by atoms with E-state index in [1.807, 2.05) is 18.7 Å². The molecule has 1 unspecified atom stereocenters. The van der Waals surface area contributed by atoms with E-state index in [1.54, 1.807) is 0 Å². The number of aryl methyl sites for hydroxylation is 1. The number of hydrogen-bond donors (Lipinski definition) is 2. The van der Waals surface area contributed by atoms with Crippen molar-refractivity contribution in [3.05, 3.63) is 11.4 Å². The second kappa shape index (κ2) is 8.25. The molecule has 19 heavy (non-hydrogen) atoms. The van der Waals surface area contributed by atoms with Gasteiger partial charge in [-0.05, 0) is 38.2 Å². The van der Waals surface area contributed by atoms with Crippen molar-refractivity contribution in [2.75, 3.05) is 35.7 Å². The zero-order valence-corrected chi connectivity index (χ0v) is 13.5. The van der Waals surface area contributed by atoms with Crippen molar-refractivity contribution in [2.24, 2.45) is 5.92 Å². The number of aromatic nitrogens is 2. The minimum Gasteiger partial charge on any atom is -0.370 e. The standard InChI is InChI=1S/C14H26N4S/c1-6-7-15-13-11(3)14(18-12(4)17-13)16-8-10(2)9-19-5/h10H,6-9H2,1-5H3,(H2,15,16,17,18). The number of thioether (sulfide) groups is 1. The molecule has 1 aromatic heterocycles. The molecule has 2 N–H and O–H groups in total. The lowest BCUT2D eigenvalue weighted by molar-refractivity contribution is 0.698. The van der Waals surface area contributed by atoms with Gasteiger partial charge in [-0.25, -0.2) is 9.97 Å². The number of hydrogen-bond acceptors (Lipinski definition) is 5. The first-order chi connectivity index (χ1) is 9.08. The van der Waals surface area contributed by atoms with Crippen LogP contribution >= 0.6 is 11.8 Å². The Morgan fingerprint density at radius 2 is 1.79 bits per heavy atom. The molecule has 0 aliphatic carbocycles. The van der Waals surface area contributed by atoms with Crippen LogP contribution in [0.1, 0.15) is 31.7 Å². The fourth-order valence-electron chi connectivity index (χ4n) is 1.83. The zero-order chi connectivity index (χ0) is 14.3. The van der Waals surface area contributed by atoms with Crippen LogP contribution in [-0.4, -0.2) is 35.1 Å². The quantitative estimate of drug-likeness (QED) is 0.766. The van der Waals surface area contributed by atoms with Gasteiger partial charge in [-0.2, -0.15) is 11.8 Å². The van der Waals surface area contributed by atoms with E-state index >= 15 is 0 Å². The molecule has 0 saturated carbocycles. The largest absolute Gasteiger partial charge is 0.370 e. The zero-order valence-electron chi connectivity index (χ0n) is 12.7. The van der Waals surface area contributed by atoms with E-state index < -0.39 is 0 Å². The Bertz CT molecular complexity index is 395. The Morgan fingerprint density at radius 1 is 1.16 bits per heavy atom. The lowest BCUT2D eigenvalue weighted by atomic mass is 10.2. The summed E-state index contributed by atoms with van der Waals surface area (Å²) in [7, 11) is 0. The van der Waals surface area contributed by atoms with Crippen LogP contribution in [0.3, 0.4) is 0 Å². The van der Waals surface area contributed by atoms with Crippen molar-refractivity contribution in [1.29, 1.82) is 0 Å². The summed E-state index contributed by atoms with van der Waals surface area (Å²) in [5, 5.41) is 6.81. The third-order valence-corrected chi connectivity index (χ3v) is 3.77. The van der Waals surface area contributed by atoms with Crippen LogP contribution in [0.25, 0.3) is 0 Å². The molecule has 0 saturated heterocycles. The van der Waals surface area contributed by atoms with E-state index in [0.29, 0.717) is 5.92 Å². The summed E-state index contributed by atoms with van der Waals surface area (Å²) < 4.78 is 0. The number of rotatable bonds is 8. The van der Waals surface area contributed by atoms with Crippen LogP contribution in [0.4, 0.5) is 11.6 Å². The third kappa shape index (κ3) is 5.27. The second-order valence-corrected chi connectivity index (χ2v) is 5.87. The van der Waals surface area contributed by atoms with Crippen LogP contribution < -0.4 is 10.6 Å². The third-order valence-electron chi connectivity index (χ3n) is 2.87. The van der Waals surface area contributed by atoms with Crippen LogP contribution in [0.2, 0.25) is 0 Å². The predicted octanol–water partition coefficient (Wildman–Crippen LogP) is 3.33. The van der Waals surface area contributed by atoms with Gasteiger partial charge in [0, 0.05) is 18.7 Å². The molecule has 1 aromatic rings. The highest BCUT2D eigenvalue weighted by atomic mass is 32.2. The minimum atomic E-state index is 0.636. The van der Waals surface area contributed by atoms with E-state index in [0.717, 1.165) is 48.3 Å². The maximum absolute atomic E-state index is 4.50. The summed E-state index contributed by atoms with van der Waals surface area (Å²) in [6, 6.07) is 0. The average Bonchev–Trinajstić information content (AvgIpc) is 2.38. The Labute approximate surface area is 121 Å². The Hall–Kier alpha value is -0.970. The highest BCUT2D eigenvalue weighted by molar-refractivity contribution is 7.98. The van der Waals surface area contributed by atoms with Crippen LogP contribution in [-0.2, 0) is 0 Å². The Balaban J connectivity index is 2.74. The van der Waals surface area contributed by atoms with Gasteiger partial charge in [-0.1, -0.05) is 13.8 Å². The molecule has 0 amide bonds. The molecule has 0 spiro atoms. The smallest absolute Gasteiger partial charge is 0.134 e. The van der Waals surface area contributed by atoms with Crippen LogP contribution in [0.5, 0.6) is 0 Å². The summed E-state index contributed by atoms with van der Waals surface area (Å²) in [5.74, 6) is 4.52. The average molecular weight is 282 g/mol. The fourth-order valence-corrected chi connectivity index (χ4v) is 2.52. The summed E-state index contributed by atoms with van der Waals surface area (Å²) in [4.78, 5) is 8.97. The lowest BCUT2D eigenvalue weighted by Crippen LogP contribution is -2.16. The molecule has 4 nitrogen and oxygen atoms in total. The number of anilines is 2. The van der Waals surface area contributed by atoms with Gasteiger partial charge in [0.25, 0.3) is 0 Å². The van der Waals surface area contributed by atoms with Crippen molar-refractivity contribution >= 4 is 23.4 Å². The highest BCUT2D eigenvalue weighted by Crippen LogP contribution is 2.20. The summed E-state index contributed by atoms with van der Waals surface area (Å²) >= 11 is 1.88. The van der Waals surface area contributed by atoms with E-state index in [4.69, 9.17) is 0 Å². The van der Waals surface area contributed by atoms with Gasteiger partial charge in [-0.3, -0.25) is 0 Å². The summed E-state index contributed by atoms with van der Waals surface area (Å²) in [5.41, 5.74) is 1.11. The van der Waals surface area contributed by atoms with Crippen molar-refractivity contribution in [3.63, 3.8) is 0 Å². The molecule has 0 aliphatic rings.